The molecule has 3 rings (SSSR count). The molecule has 0 bridgehead atoms. The maximum atomic E-state index is 4.70. The maximum Gasteiger partial charge on any atom is 0.181 e. The summed E-state index contributed by atoms with van der Waals surface area (Å²) in [6.07, 6.45) is 0. The third kappa shape index (κ3) is 2.59. The van der Waals surface area contributed by atoms with Crippen molar-refractivity contribution < 1.29 is 0 Å². The summed E-state index contributed by atoms with van der Waals surface area (Å²) >= 11 is 0. The molecule has 0 saturated carbocycles. The number of para-hydroxylation sites is 1. The number of aryl methyl sites for hydroxylation is 4. The second-order valence-corrected chi connectivity index (χ2v) is 5.56. The van der Waals surface area contributed by atoms with Gasteiger partial charge in [0.1, 0.15) is 5.82 Å². The molecule has 1 aromatic heterocycles. The summed E-state index contributed by atoms with van der Waals surface area (Å²) in [5.74, 6) is 1.68. The molecule has 106 valence electrons. The fraction of sp³-hybridized carbons (Fsp3) is 0.222. The zero-order valence-corrected chi connectivity index (χ0v) is 12.9. The van der Waals surface area contributed by atoms with Crippen LogP contribution in [-0.2, 0) is 0 Å². The summed E-state index contributed by atoms with van der Waals surface area (Å²) in [6.45, 7) is 8.28. The van der Waals surface area contributed by atoms with Gasteiger partial charge >= 0.3 is 0 Å². The number of rotatable bonds is 2. The van der Waals surface area contributed by atoms with Crippen molar-refractivity contribution in [2.75, 3.05) is 0 Å². The summed E-state index contributed by atoms with van der Waals surface area (Å²) in [4.78, 5) is 4.63. The zero-order chi connectivity index (χ0) is 15.0. The van der Waals surface area contributed by atoms with Crippen LogP contribution in [0.4, 0.5) is 0 Å². The van der Waals surface area contributed by atoms with Crippen LogP contribution in [0.5, 0.6) is 0 Å². The van der Waals surface area contributed by atoms with Gasteiger partial charge in [-0.05, 0) is 51.5 Å². The van der Waals surface area contributed by atoms with E-state index in [1.54, 1.807) is 0 Å². The monoisotopic (exact) mass is 277 g/mol. The van der Waals surface area contributed by atoms with Crippen molar-refractivity contribution in [3.05, 3.63) is 65.0 Å². The quantitative estimate of drug-likeness (QED) is 0.704. The summed E-state index contributed by atoms with van der Waals surface area (Å²) < 4.78 is 1.92. The van der Waals surface area contributed by atoms with Gasteiger partial charge in [-0.25, -0.2) is 9.67 Å². The van der Waals surface area contributed by atoms with E-state index in [0.29, 0.717) is 0 Å². The highest BCUT2D eigenvalue weighted by atomic mass is 15.3. The normalized spacial score (nSPS) is 10.9. The predicted octanol–water partition coefficient (Wildman–Crippen LogP) is 4.17. The van der Waals surface area contributed by atoms with E-state index in [1.165, 1.54) is 16.7 Å². The van der Waals surface area contributed by atoms with Crippen LogP contribution in [0, 0.1) is 27.7 Å². The van der Waals surface area contributed by atoms with Gasteiger partial charge in [0.15, 0.2) is 5.82 Å². The second kappa shape index (κ2) is 5.17. The minimum atomic E-state index is 0.780. The molecule has 3 heteroatoms. The lowest BCUT2D eigenvalue weighted by molar-refractivity contribution is 0.835. The van der Waals surface area contributed by atoms with Gasteiger partial charge in [0.05, 0.1) is 5.69 Å². The van der Waals surface area contributed by atoms with Gasteiger partial charge in [-0.1, -0.05) is 35.4 Å². The minimum absolute atomic E-state index is 0.780. The molecule has 1 heterocycles. The SMILES string of the molecule is Cc1cc(C)cc(-c2nc(C)n(-c3ccccc3C)n2)c1. The Kier molecular flexibility index (Phi) is 3.34. The summed E-state index contributed by atoms with van der Waals surface area (Å²) in [5.41, 5.74) is 5.81. The molecule has 0 saturated heterocycles. The molecule has 3 aromatic rings. The van der Waals surface area contributed by atoms with E-state index in [4.69, 9.17) is 5.10 Å². The van der Waals surface area contributed by atoms with Gasteiger partial charge < -0.3 is 0 Å². The number of benzene rings is 2. The standard InChI is InChI=1S/C18H19N3/c1-12-9-13(2)11-16(10-12)18-19-15(4)21(20-18)17-8-6-5-7-14(17)3/h5-11H,1-4H3. The predicted molar refractivity (Wildman–Crippen MR) is 85.7 cm³/mol. The Balaban J connectivity index is 2.12. The summed E-state index contributed by atoms with van der Waals surface area (Å²) in [6, 6.07) is 14.6. The van der Waals surface area contributed by atoms with E-state index < -0.39 is 0 Å². The molecule has 0 unspecified atom stereocenters. The first-order valence-electron chi connectivity index (χ1n) is 7.13. The Bertz CT molecular complexity index is 780. The molecular formula is C18H19N3. The van der Waals surface area contributed by atoms with Crippen molar-refractivity contribution in [1.29, 1.82) is 0 Å². The fourth-order valence-corrected chi connectivity index (χ4v) is 2.65. The van der Waals surface area contributed by atoms with Crippen molar-refractivity contribution in [3.63, 3.8) is 0 Å². The second-order valence-electron chi connectivity index (χ2n) is 5.56. The van der Waals surface area contributed by atoms with Crippen molar-refractivity contribution in [1.82, 2.24) is 14.8 Å². The molecule has 0 N–H and O–H groups in total. The van der Waals surface area contributed by atoms with Gasteiger partial charge in [-0.3, -0.25) is 0 Å². The van der Waals surface area contributed by atoms with Crippen LogP contribution < -0.4 is 0 Å². The number of hydrogen-bond acceptors (Lipinski definition) is 2. The van der Waals surface area contributed by atoms with E-state index in [-0.39, 0.29) is 0 Å². The Morgan fingerprint density at radius 2 is 1.52 bits per heavy atom. The van der Waals surface area contributed by atoms with Crippen LogP contribution in [0.25, 0.3) is 17.1 Å². The number of nitrogens with zero attached hydrogens (tertiary/aromatic N) is 3. The number of hydrogen-bond donors (Lipinski definition) is 0. The topological polar surface area (TPSA) is 30.7 Å². The third-order valence-corrected chi connectivity index (χ3v) is 3.59. The first kappa shape index (κ1) is 13.6. The lowest BCUT2D eigenvalue weighted by Crippen LogP contribution is -2.01. The van der Waals surface area contributed by atoms with E-state index in [0.717, 1.165) is 22.9 Å². The van der Waals surface area contributed by atoms with Crippen molar-refractivity contribution in [2.24, 2.45) is 0 Å². The Hall–Kier alpha value is -2.42. The first-order chi connectivity index (χ1) is 10.0. The minimum Gasteiger partial charge on any atom is -0.217 e. The number of aromatic nitrogens is 3. The van der Waals surface area contributed by atoms with E-state index in [2.05, 4.69) is 56.1 Å². The van der Waals surface area contributed by atoms with Crippen LogP contribution in [0.3, 0.4) is 0 Å². The van der Waals surface area contributed by atoms with Gasteiger partial charge in [0.25, 0.3) is 0 Å². The van der Waals surface area contributed by atoms with Gasteiger partial charge in [-0.2, -0.15) is 0 Å². The van der Waals surface area contributed by atoms with Gasteiger partial charge in [0, 0.05) is 5.56 Å². The van der Waals surface area contributed by atoms with Crippen LogP contribution >= 0.6 is 0 Å². The van der Waals surface area contributed by atoms with Crippen LogP contribution in [-0.4, -0.2) is 14.8 Å². The molecule has 0 aliphatic heterocycles. The van der Waals surface area contributed by atoms with E-state index in [9.17, 15) is 0 Å². The highest BCUT2D eigenvalue weighted by Gasteiger charge is 2.11. The molecule has 0 fully saturated rings. The molecule has 0 aliphatic rings. The van der Waals surface area contributed by atoms with Crippen molar-refractivity contribution in [3.8, 4) is 17.1 Å². The zero-order valence-electron chi connectivity index (χ0n) is 12.9. The molecule has 0 amide bonds. The van der Waals surface area contributed by atoms with E-state index >= 15 is 0 Å². The molecule has 21 heavy (non-hydrogen) atoms. The Labute approximate surface area is 125 Å². The van der Waals surface area contributed by atoms with Crippen molar-refractivity contribution >= 4 is 0 Å². The van der Waals surface area contributed by atoms with Crippen LogP contribution in [0.2, 0.25) is 0 Å². The van der Waals surface area contributed by atoms with Crippen molar-refractivity contribution in [2.45, 2.75) is 27.7 Å². The molecule has 0 aliphatic carbocycles. The molecule has 3 nitrogen and oxygen atoms in total. The first-order valence-corrected chi connectivity index (χ1v) is 7.13. The van der Waals surface area contributed by atoms with Gasteiger partial charge in [-0.15, -0.1) is 5.10 Å². The average molecular weight is 277 g/mol. The molecular weight excluding hydrogens is 258 g/mol. The fourth-order valence-electron chi connectivity index (χ4n) is 2.65. The van der Waals surface area contributed by atoms with E-state index in [1.807, 2.05) is 23.7 Å². The lowest BCUT2D eigenvalue weighted by atomic mass is 10.1. The Morgan fingerprint density at radius 1 is 0.857 bits per heavy atom. The average Bonchev–Trinajstić information content (AvgIpc) is 2.80. The van der Waals surface area contributed by atoms with Gasteiger partial charge in [0.2, 0.25) is 0 Å². The van der Waals surface area contributed by atoms with Crippen LogP contribution in [0.15, 0.2) is 42.5 Å². The maximum absolute atomic E-state index is 4.70. The third-order valence-electron chi connectivity index (χ3n) is 3.59. The smallest absolute Gasteiger partial charge is 0.181 e. The highest BCUT2D eigenvalue weighted by molar-refractivity contribution is 5.58. The molecule has 0 spiro atoms. The highest BCUT2D eigenvalue weighted by Crippen LogP contribution is 2.22. The lowest BCUT2D eigenvalue weighted by Gasteiger charge is -2.06. The Morgan fingerprint density at radius 3 is 2.19 bits per heavy atom. The molecule has 2 aromatic carbocycles. The largest absolute Gasteiger partial charge is 0.217 e. The molecule has 0 radical (unpaired) electrons. The summed E-state index contributed by atoms with van der Waals surface area (Å²) in [7, 11) is 0. The summed E-state index contributed by atoms with van der Waals surface area (Å²) in [5, 5.41) is 4.70. The molecule has 0 atom stereocenters. The van der Waals surface area contributed by atoms with Crippen LogP contribution in [0.1, 0.15) is 22.5 Å².